The molecule has 136 valence electrons. The predicted molar refractivity (Wildman–Crippen MR) is 101 cm³/mol. The summed E-state index contributed by atoms with van der Waals surface area (Å²) in [7, 11) is 1.55. The highest BCUT2D eigenvalue weighted by Gasteiger charge is 2.14. The number of hydrogen-bond acceptors (Lipinski definition) is 6. The molecule has 2 heterocycles. The van der Waals surface area contributed by atoms with Crippen LogP contribution in [0, 0.1) is 0 Å². The number of carbonyl (C=O) groups excluding carboxylic acids is 1. The molecule has 2 N–H and O–H groups in total. The average molecular weight is 363 g/mol. The van der Waals surface area contributed by atoms with E-state index in [9.17, 15) is 4.79 Å². The molecule has 0 spiro atoms. The summed E-state index contributed by atoms with van der Waals surface area (Å²) in [5.41, 5.74) is 2.42. The first-order valence-electron chi connectivity index (χ1n) is 8.30. The lowest BCUT2D eigenvalue weighted by molar-refractivity contribution is 0.102. The van der Waals surface area contributed by atoms with Crippen LogP contribution in [-0.4, -0.2) is 24.8 Å². The van der Waals surface area contributed by atoms with Crippen LogP contribution in [-0.2, 0) is 0 Å². The Morgan fingerprint density at radius 3 is 2.74 bits per heavy atom. The van der Waals surface area contributed by atoms with Crippen LogP contribution in [0.1, 0.15) is 10.5 Å². The van der Waals surface area contributed by atoms with E-state index in [1.807, 2.05) is 30.3 Å². The highest BCUT2D eigenvalue weighted by molar-refractivity contribution is 6.04. The number of pyridine rings is 1. The number of nitrogens with zero attached hydrogens (tertiary/aromatic N) is 1. The predicted octanol–water partition coefficient (Wildman–Crippen LogP) is 3.81. The summed E-state index contributed by atoms with van der Waals surface area (Å²) in [4.78, 5) is 16.7. The minimum atomic E-state index is -0.325. The number of fused-ring (bicyclic) bond motifs is 1. The number of anilines is 3. The van der Waals surface area contributed by atoms with E-state index in [0.29, 0.717) is 22.9 Å². The molecule has 27 heavy (non-hydrogen) atoms. The van der Waals surface area contributed by atoms with Gasteiger partial charge in [-0.2, -0.15) is 0 Å². The number of methoxy groups -OCH3 is 1. The highest BCUT2D eigenvalue weighted by Crippen LogP contribution is 2.35. The lowest BCUT2D eigenvalue weighted by atomic mass is 10.2. The monoisotopic (exact) mass is 363 g/mol. The maximum Gasteiger partial charge on any atom is 0.274 e. The smallest absolute Gasteiger partial charge is 0.274 e. The van der Waals surface area contributed by atoms with Crippen molar-refractivity contribution in [1.29, 1.82) is 0 Å². The van der Waals surface area contributed by atoms with Crippen molar-refractivity contribution >= 4 is 23.0 Å². The second-order valence-corrected chi connectivity index (χ2v) is 5.78. The number of aromatic nitrogens is 1. The van der Waals surface area contributed by atoms with Crippen LogP contribution < -0.4 is 24.8 Å². The maximum atomic E-state index is 12.5. The first-order chi connectivity index (χ1) is 13.2. The molecule has 4 rings (SSSR count). The summed E-state index contributed by atoms with van der Waals surface area (Å²) in [6.45, 7) is 0.224. The van der Waals surface area contributed by atoms with Crippen LogP contribution >= 0.6 is 0 Å². The van der Waals surface area contributed by atoms with Gasteiger partial charge in [-0.25, -0.2) is 0 Å². The molecule has 0 saturated carbocycles. The Morgan fingerprint density at radius 2 is 1.85 bits per heavy atom. The molecule has 0 fully saturated rings. The molecule has 1 aromatic heterocycles. The first kappa shape index (κ1) is 16.7. The molecule has 7 nitrogen and oxygen atoms in total. The van der Waals surface area contributed by atoms with Gasteiger partial charge in [0.05, 0.1) is 12.8 Å². The van der Waals surface area contributed by atoms with Gasteiger partial charge in [0.2, 0.25) is 6.79 Å². The molecule has 1 aliphatic heterocycles. The fraction of sp³-hybridized carbons (Fsp3) is 0.100. The third-order valence-corrected chi connectivity index (χ3v) is 4.01. The Morgan fingerprint density at radius 1 is 1.04 bits per heavy atom. The van der Waals surface area contributed by atoms with E-state index in [1.54, 1.807) is 37.6 Å². The average Bonchev–Trinajstić information content (AvgIpc) is 3.16. The van der Waals surface area contributed by atoms with Crippen molar-refractivity contribution in [2.24, 2.45) is 0 Å². The molecular formula is C20H17N3O4. The Bertz CT molecular complexity index is 990. The molecule has 0 radical (unpaired) electrons. The van der Waals surface area contributed by atoms with Gasteiger partial charge in [-0.05, 0) is 36.4 Å². The summed E-state index contributed by atoms with van der Waals surface area (Å²) in [5.74, 6) is 1.66. The zero-order valence-electron chi connectivity index (χ0n) is 14.6. The summed E-state index contributed by atoms with van der Waals surface area (Å²) in [5, 5.41) is 6.05. The molecule has 0 aliphatic carbocycles. The third kappa shape index (κ3) is 3.62. The third-order valence-electron chi connectivity index (χ3n) is 4.01. The molecule has 7 heteroatoms. The van der Waals surface area contributed by atoms with E-state index < -0.39 is 0 Å². The van der Waals surface area contributed by atoms with Crippen LogP contribution in [0.4, 0.5) is 17.1 Å². The van der Waals surface area contributed by atoms with Crippen molar-refractivity contribution in [3.63, 3.8) is 0 Å². The first-order valence-corrected chi connectivity index (χ1v) is 8.30. The van der Waals surface area contributed by atoms with Gasteiger partial charge in [0.1, 0.15) is 11.4 Å². The Hall–Kier alpha value is -3.74. The molecule has 0 unspecified atom stereocenters. The molecule has 1 amide bonds. The number of carbonyl (C=O) groups is 1. The highest BCUT2D eigenvalue weighted by atomic mass is 16.7. The fourth-order valence-corrected chi connectivity index (χ4v) is 2.71. The molecule has 2 aromatic carbocycles. The molecule has 0 bridgehead atoms. The van der Waals surface area contributed by atoms with Crippen LogP contribution in [0.5, 0.6) is 17.2 Å². The van der Waals surface area contributed by atoms with Crippen LogP contribution in [0.15, 0.2) is 60.8 Å². The second kappa shape index (κ2) is 7.25. The van der Waals surface area contributed by atoms with Gasteiger partial charge in [0, 0.05) is 23.6 Å². The largest absolute Gasteiger partial charge is 0.495 e. The topological polar surface area (TPSA) is 81.7 Å². The normalized spacial score (nSPS) is 11.7. The number of nitrogens with one attached hydrogen (secondary N) is 2. The standard InChI is InChI=1S/C20H17N3O4/c1-25-17-5-3-2-4-15(17)23-20(24)16-10-14(8-9-21-16)22-13-6-7-18-19(11-13)27-12-26-18/h2-11H,12H2,1H3,(H,21,22)(H,23,24). The van der Waals surface area contributed by atoms with Gasteiger partial charge < -0.3 is 24.8 Å². The fourth-order valence-electron chi connectivity index (χ4n) is 2.71. The zero-order valence-corrected chi connectivity index (χ0v) is 14.6. The number of hydrogen-bond donors (Lipinski definition) is 2. The van der Waals surface area contributed by atoms with Gasteiger partial charge in [0.25, 0.3) is 5.91 Å². The SMILES string of the molecule is COc1ccccc1NC(=O)c1cc(Nc2ccc3c(c2)OCO3)ccn1. The van der Waals surface area contributed by atoms with Gasteiger partial charge in [-0.3, -0.25) is 9.78 Å². The van der Waals surface area contributed by atoms with Crippen LogP contribution in [0.2, 0.25) is 0 Å². The van der Waals surface area contributed by atoms with Gasteiger partial charge in [-0.15, -0.1) is 0 Å². The van der Waals surface area contributed by atoms with Crippen LogP contribution in [0.25, 0.3) is 0 Å². The Balaban J connectivity index is 1.51. The number of benzene rings is 2. The molecular weight excluding hydrogens is 346 g/mol. The van der Waals surface area contributed by atoms with E-state index in [2.05, 4.69) is 15.6 Å². The molecule has 1 aliphatic rings. The van der Waals surface area contributed by atoms with Crippen LogP contribution in [0.3, 0.4) is 0 Å². The summed E-state index contributed by atoms with van der Waals surface area (Å²) < 4.78 is 15.9. The van der Waals surface area contributed by atoms with Crippen molar-refractivity contribution in [1.82, 2.24) is 4.98 Å². The van der Waals surface area contributed by atoms with Crippen molar-refractivity contribution in [2.75, 3.05) is 24.5 Å². The van der Waals surface area contributed by atoms with E-state index in [-0.39, 0.29) is 18.4 Å². The van der Waals surface area contributed by atoms with E-state index in [4.69, 9.17) is 14.2 Å². The number of para-hydroxylation sites is 2. The van der Waals surface area contributed by atoms with Gasteiger partial charge >= 0.3 is 0 Å². The van der Waals surface area contributed by atoms with Crippen molar-refractivity contribution < 1.29 is 19.0 Å². The number of ether oxygens (including phenoxy) is 3. The van der Waals surface area contributed by atoms with E-state index >= 15 is 0 Å². The van der Waals surface area contributed by atoms with Crippen molar-refractivity contribution in [3.8, 4) is 17.2 Å². The lowest BCUT2D eigenvalue weighted by Gasteiger charge is -2.11. The lowest BCUT2D eigenvalue weighted by Crippen LogP contribution is -2.14. The van der Waals surface area contributed by atoms with Gasteiger partial charge in [-0.1, -0.05) is 12.1 Å². The zero-order chi connectivity index (χ0) is 18.6. The number of rotatable bonds is 5. The summed E-state index contributed by atoms with van der Waals surface area (Å²) >= 11 is 0. The minimum absolute atomic E-state index is 0.224. The molecule has 3 aromatic rings. The maximum absolute atomic E-state index is 12.5. The van der Waals surface area contributed by atoms with E-state index in [0.717, 1.165) is 11.4 Å². The van der Waals surface area contributed by atoms with E-state index in [1.165, 1.54) is 0 Å². The molecule has 0 atom stereocenters. The summed E-state index contributed by atoms with van der Waals surface area (Å²) in [6, 6.07) is 16.2. The molecule has 0 saturated heterocycles. The van der Waals surface area contributed by atoms with Gasteiger partial charge in [0.15, 0.2) is 11.5 Å². The van der Waals surface area contributed by atoms with Crippen molar-refractivity contribution in [3.05, 3.63) is 66.5 Å². The summed E-state index contributed by atoms with van der Waals surface area (Å²) in [6.07, 6.45) is 1.58. The Kier molecular flexibility index (Phi) is 4.49. The quantitative estimate of drug-likeness (QED) is 0.717. The number of amides is 1. The van der Waals surface area contributed by atoms with Crippen molar-refractivity contribution in [2.45, 2.75) is 0 Å². The minimum Gasteiger partial charge on any atom is -0.495 e. The Labute approximate surface area is 155 Å². The second-order valence-electron chi connectivity index (χ2n) is 5.78.